The van der Waals surface area contributed by atoms with Crippen LogP contribution >= 0.6 is 0 Å². The number of allylic oxidation sites excluding steroid dienone is 9. The van der Waals surface area contributed by atoms with E-state index in [1.165, 1.54) is 16.7 Å². The van der Waals surface area contributed by atoms with Gasteiger partial charge < -0.3 is 10.2 Å². The van der Waals surface area contributed by atoms with Gasteiger partial charge in [0.05, 0.1) is 23.7 Å². The number of nitrogens with one attached hydrogen (secondary N) is 2. The third-order valence-electron chi connectivity index (χ3n) is 6.22. The van der Waals surface area contributed by atoms with E-state index in [1.807, 2.05) is 26.1 Å². The van der Waals surface area contributed by atoms with Crippen molar-refractivity contribution in [3.8, 4) is 0 Å². The number of aromatic nitrogens is 2. The number of likely N-dealkylation sites (N-methyl/N-ethyl adjacent to an activating group) is 1. The Hall–Kier alpha value is -3.08. The number of nitrogens with zero attached hydrogens (tertiary/aromatic N) is 3. The van der Waals surface area contributed by atoms with Crippen LogP contribution in [0.2, 0.25) is 0 Å². The molecule has 1 unspecified atom stereocenters. The van der Waals surface area contributed by atoms with E-state index in [0.29, 0.717) is 0 Å². The van der Waals surface area contributed by atoms with Crippen molar-refractivity contribution in [1.29, 1.82) is 0 Å². The lowest BCUT2D eigenvalue weighted by atomic mass is 10.0. The first kappa shape index (κ1) is 30.0. The van der Waals surface area contributed by atoms with Crippen molar-refractivity contribution in [1.82, 2.24) is 15.1 Å². The molecule has 0 saturated heterocycles. The first-order valence-electron chi connectivity index (χ1n) is 12.8. The Morgan fingerprint density at radius 2 is 1.91 bits per heavy atom. The van der Waals surface area contributed by atoms with Crippen LogP contribution in [-0.2, 0) is 0 Å². The van der Waals surface area contributed by atoms with Crippen molar-refractivity contribution in [2.45, 2.75) is 87.6 Å². The largest absolute Gasteiger partial charge is 0.370 e. The van der Waals surface area contributed by atoms with Gasteiger partial charge in [0.2, 0.25) is 0 Å². The molecule has 1 aromatic rings. The maximum atomic E-state index is 5.00. The molecule has 192 valence electrons. The Kier molecular flexibility index (Phi) is 13.5. The summed E-state index contributed by atoms with van der Waals surface area (Å²) >= 11 is 0. The third-order valence-corrected chi connectivity index (χ3v) is 6.22. The lowest BCUT2D eigenvalue weighted by Crippen LogP contribution is -2.29. The van der Waals surface area contributed by atoms with Crippen molar-refractivity contribution in [3.05, 3.63) is 82.0 Å². The highest BCUT2D eigenvalue weighted by molar-refractivity contribution is 5.84. The molecule has 0 aliphatic rings. The van der Waals surface area contributed by atoms with Gasteiger partial charge in [-0.15, -0.1) is 0 Å². The minimum atomic E-state index is 0.201. The zero-order valence-corrected chi connectivity index (χ0v) is 23.7. The lowest BCUT2D eigenvalue weighted by molar-refractivity contribution is 0.361. The summed E-state index contributed by atoms with van der Waals surface area (Å²) in [4.78, 5) is 7.31. The number of anilines is 1. The summed E-state index contributed by atoms with van der Waals surface area (Å²) < 4.78 is 0. The summed E-state index contributed by atoms with van der Waals surface area (Å²) in [5.41, 5.74) is 7.87. The number of aliphatic imine (C=N–C) groups is 1. The maximum absolute atomic E-state index is 5.00. The molecule has 1 heterocycles. The van der Waals surface area contributed by atoms with Crippen molar-refractivity contribution in [2.75, 3.05) is 12.4 Å². The summed E-state index contributed by atoms with van der Waals surface area (Å²) in [6.45, 7) is 19.2. The second-order valence-corrected chi connectivity index (χ2v) is 8.97. The standard InChI is InChI=1S/C30H47N5/c1-11-15-17-27(18-16-12-2)25(8)35(10)26(9)28(19-22(5)13-3)31-21-29(23(6)14-4)32-30-20-24(7)33-34-30/h11,15-21,25H,12-14H2,1-10H3,(H2,32,33,34)/b15-11-,18-16+,22-19-,27-17+,28-26+,29-23-,31-21+. The summed E-state index contributed by atoms with van der Waals surface area (Å²) in [5.74, 6) is 0.798. The van der Waals surface area contributed by atoms with Gasteiger partial charge in [0, 0.05) is 24.5 Å². The lowest BCUT2D eigenvalue weighted by Gasteiger charge is -2.29. The van der Waals surface area contributed by atoms with E-state index >= 15 is 0 Å². The van der Waals surface area contributed by atoms with Crippen LogP contribution in [0.4, 0.5) is 5.82 Å². The molecule has 0 saturated carbocycles. The number of hydrogen-bond acceptors (Lipinski definition) is 4. The predicted molar refractivity (Wildman–Crippen MR) is 155 cm³/mol. The van der Waals surface area contributed by atoms with Crippen LogP contribution in [0.15, 0.2) is 81.3 Å². The van der Waals surface area contributed by atoms with E-state index in [2.05, 4.69) is 112 Å². The molecular formula is C30H47N5. The molecule has 0 aromatic carbocycles. The van der Waals surface area contributed by atoms with Crippen LogP contribution in [0.1, 0.15) is 80.3 Å². The summed E-state index contributed by atoms with van der Waals surface area (Å²) in [6.07, 6.45) is 17.9. The van der Waals surface area contributed by atoms with E-state index in [-0.39, 0.29) is 6.04 Å². The number of rotatable bonds is 13. The first-order valence-corrected chi connectivity index (χ1v) is 12.8. The Morgan fingerprint density at radius 1 is 1.20 bits per heavy atom. The van der Waals surface area contributed by atoms with Gasteiger partial charge in [-0.25, -0.2) is 0 Å². The highest BCUT2D eigenvalue weighted by Gasteiger charge is 2.15. The summed E-state index contributed by atoms with van der Waals surface area (Å²) in [5, 5.41) is 10.8. The number of aromatic amines is 1. The monoisotopic (exact) mass is 477 g/mol. The average molecular weight is 478 g/mol. The first-order chi connectivity index (χ1) is 16.7. The van der Waals surface area contributed by atoms with Gasteiger partial charge in [-0.1, -0.05) is 56.7 Å². The van der Waals surface area contributed by atoms with Crippen molar-refractivity contribution in [3.63, 3.8) is 0 Å². The van der Waals surface area contributed by atoms with Gasteiger partial charge >= 0.3 is 0 Å². The SMILES string of the molecule is C\C=C/C=C(\C=C\CC)C(C)N(C)/C(C)=C(\C=C(\C)CC)/N=C/C(Nc1cc(C)[nH]n1)=C(\C)CC. The fraction of sp³-hybridized carbons (Fsp3) is 0.467. The molecule has 5 nitrogen and oxygen atoms in total. The van der Waals surface area contributed by atoms with Crippen LogP contribution in [0.25, 0.3) is 0 Å². The van der Waals surface area contributed by atoms with E-state index < -0.39 is 0 Å². The highest BCUT2D eigenvalue weighted by Crippen LogP contribution is 2.22. The third kappa shape index (κ3) is 9.97. The zero-order valence-electron chi connectivity index (χ0n) is 23.7. The predicted octanol–water partition coefficient (Wildman–Crippen LogP) is 8.26. The van der Waals surface area contributed by atoms with Gasteiger partial charge in [-0.2, -0.15) is 5.10 Å². The molecule has 1 atom stereocenters. The molecule has 35 heavy (non-hydrogen) atoms. The quantitative estimate of drug-likeness (QED) is 0.222. The molecule has 0 aliphatic heterocycles. The average Bonchev–Trinajstić information content (AvgIpc) is 3.28. The number of aryl methyl sites for hydroxylation is 1. The molecule has 1 rings (SSSR count). The molecular weight excluding hydrogens is 430 g/mol. The minimum absolute atomic E-state index is 0.201. The van der Waals surface area contributed by atoms with Gasteiger partial charge in [0.25, 0.3) is 0 Å². The van der Waals surface area contributed by atoms with E-state index in [1.54, 1.807) is 0 Å². The Labute approximate surface area is 214 Å². The number of hydrogen-bond donors (Lipinski definition) is 2. The fourth-order valence-electron chi connectivity index (χ4n) is 3.25. The Morgan fingerprint density at radius 3 is 2.46 bits per heavy atom. The molecule has 0 aliphatic carbocycles. The van der Waals surface area contributed by atoms with Crippen LogP contribution < -0.4 is 5.32 Å². The smallest absolute Gasteiger partial charge is 0.152 e. The van der Waals surface area contributed by atoms with E-state index in [4.69, 9.17) is 4.99 Å². The topological polar surface area (TPSA) is 56.3 Å². The highest BCUT2D eigenvalue weighted by atomic mass is 15.2. The van der Waals surface area contributed by atoms with Crippen LogP contribution in [0.3, 0.4) is 0 Å². The fourth-order valence-corrected chi connectivity index (χ4v) is 3.25. The Bertz CT molecular complexity index is 1010. The van der Waals surface area contributed by atoms with Crippen molar-refractivity contribution in [2.24, 2.45) is 4.99 Å². The van der Waals surface area contributed by atoms with Crippen molar-refractivity contribution < 1.29 is 0 Å². The molecule has 0 bridgehead atoms. The molecule has 0 fully saturated rings. The molecule has 1 aromatic heterocycles. The van der Waals surface area contributed by atoms with Crippen LogP contribution in [-0.4, -0.2) is 34.4 Å². The van der Waals surface area contributed by atoms with Gasteiger partial charge in [-0.05, 0) is 78.0 Å². The summed E-state index contributed by atoms with van der Waals surface area (Å²) in [6, 6.07) is 2.20. The molecule has 0 radical (unpaired) electrons. The molecule has 2 N–H and O–H groups in total. The zero-order chi connectivity index (χ0) is 26.4. The molecule has 0 spiro atoms. The Balaban J connectivity index is 3.46. The van der Waals surface area contributed by atoms with Gasteiger partial charge in [0.1, 0.15) is 0 Å². The minimum Gasteiger partial charge on any atom is -0.370 e. The van der Waals surface area contributed by atoms with Gasteiger partial charge in [-0.3, -0.25) is 10.1 Å². The number of H-pyrrole nitrogens is 1. The second kappa shape index (κ2) is 15.8. The maximum Gasteiger partial charge on any atom is 0.152 e. The van der Waals surface area contributed by atoms with E-state index in [9.17, 15) is 0 Å². The van der Waals surface area contributed by atoms with Crippen LogP contribution in [0.5, 0.6) is 0 Å². The van der Waals surface area contributed by atoms with Gasteiger partial charge in [0.15, 0.2) is 5.82 Å². The van der Waals surface area contributed by atoms with Crippen LogP contribution in [0, 0.1) is 6.92 Å². The molecule has 0 amide bonds. The summed E-state index contributed by atoms with van der Waals surface area (Å²) in [7, 11) is 2.15. The second-order valence-electron chi connectivity index (χ2n) is 8.97. The molecule has 5 heteroatoms. The van der Waals surface area contributed by atoms with Crippen molar-refractivity contribution >= 4 is 12.0 Å². The van der Waals surface area contributed by atoms with E-state index in [0.717, 1.165) is 47.9 Å². The normalized spacial score (nSPS) is 15.7.